The van der Waals surface area contributed by atoms with Gasteiger partial charge < -0.3 is 0 Å². The summed E-state index contributed by atoms with van der Waals surface area (Å²) in [6, 6.07) is 14.5. The van der Waals surface area contributed by atoms with Crippen LogP contribution in [0.3, 0.4) is 0 Å². The van der Waals surface area contributed by atoms with Crippen LogP contribution in [-0.2, 0) is 6.42 Å². The molecule has 0 atom stereocenters. The molecule has 20 heavy (non-hydrogen) atoms. The lowest BCUT2D eigenvalue weighted by Crippen LogP contribution is -1.88. The summed E-state index contributed by atoms with van der Waals surface area (Å²) in [4.78, 5) is 11.3. The van der Waals surface area contributed by atoms with Crippen LogP contribution in [-0.4, -0.2) is 11.2 Å². The highest BCUT2D eigenvalue weighted by Crippen LogP contribution is 2.18. The van der Waals surface area contributed by atoms with E-state index in [0.717, 1.165) is 16.0 Å². The molecule has 0 radical (unpaired) electrons. The van der Waals surface area contributed by atoms with E-state index in [9.17, 15) is 10.1 Å². The molecular formula is C16H13NO2S. The summed E-state index contributed by atoms with van der Waals surface area (Å²) < 4.78 is 0. The van der Waals surface area contributed by atoms with Crippen molar-refractivity contribution in [3.05, 3.63) is 69.8 Å². The molecule has 100 valence electrons. The first-order valence-electron chi connectivity index (χ1n) is 6.06. The van der Waals surface area contributed by atoms with E-state index in [0.29, 0.717) is 6.42 Å². The zero-order chi connectivity index (χ0) is 14.4. The minimum atomic E-state index is -0.399. The lowest BCUT2D eigenvalue weighted by molar-refractivity contribution is -0.384. The molecular weight excluding hydrogens is 270 g/mol. The van der Waals surface area contributed by atoms with Crippen LogP contribution >= 0.6 is 11.8 Å². The van der Waals surface area contributed by atoms with E-state index in [1.54, 1.807) is 23.9 Å². The van der Waals surface area contributed by atoms with Gasteiger partial charge in [0.2, 0.25) is 0 Å². The summed E-state index contributed by atoms with van der Waals surface area (Å²) in [7, 11) is 0. The van der Waals surface area contributed by atoms with Crippen LogP contribution in [0.2, 0.25) is 0 Å². The van der Waals surface area contributed by atoms with Gasteiger partial charge in [0, 0.05) is 29.0 Å². The van der Waals surface area contributed by atoms with E-state index < -0.39 is 4.92 Å². The topological polar surface area (TPSA) is 43.1 Å². The van der Waals surface area contributed by atoms with E-state index in [1.165, 1.54) is 12.1 Å². The van der Waals surface area contributed by atoms with Crippen molar-refractivity contribution in [1.82, 2.24) is 0 Å². The van der Waals surface area contributed by atoms with Crippen molar-refractivity contribution in [3.63, 3.8) is 0 Å². The minimum Gasteiger partial charge on any atom is -0.258 e. The Morgan fingerprint density at radius 1 is 1.15 bits per heavy atom. The maximum atomic E-state index is 10.6. The molecule has 0 aliphatic heterocycles. The van der Waals surface area contributed by atoms with Crippen molar-refractivity contribution in [2.75, 3.05) is 6.26 Å². The van der Waals surface area contributed by atoms with Crippen molar-refractivity contribution in [2.45, 2.75) is 11.3 Å². The maximum absolute atomic E-state index is 10.6. The normalized spacial score (nSPS) is 9.65. The van der Waals surface area contributed by atoms with Gasteiger partial charge in [-0.3, -0.25) is 10.1 Å². The van der Waals surface area contributed by atoms with Crippen molar-refractivity contribution in [2.24, 2.45) is 0 Å². The summed E-state index contributed by atoms with van der Waals surface area (Å²) in [6.45, 7) is 0. The average molecular weight is 283 g/mol. The molecule has 0 aliphatic carbocycles. The number of non-ortho nitro benzene ring substituents is 1. The Balaban J connectivity index is 2.09. The molecule has 0 saturated heterocycles. The zero-order valence-electron chi connectivity index (χ0n) is 11.0. The number of benzene rings is 2. The summed E-state index contributed by atoms with van der Waals surface area (Å²) in [5.74, 6) is 6.25. The summed E-state index contributed by atoms with van der Waals surface area (Å²) in [6.07, 6.45) is 2.61. The Bertz CT molecular complexity index is 669. The number of thioether (sulfide) groups is 1. The molecule has 2 rings (SSSR count). The first kappa shape index (κ1) is 14.2. The van der Waals surface area contributed by atoms with Crippen LogP contribution in [0.4, 0.5) is 5.69 Å². The van der Waals surface area contributed by atoms with E-state index in [4.69, 9.17) is 0 Å². The zero-order valence-corrected chi connectivity index (χ0v) is 11.8. The molecule has 0 aromatic heterocycles. The molecule has 0 fully saturated rings. The molecule has 0 unspecified atom stereocenters. The number of rotatable bonds is 3. The highest BCUT2D eigenvalue weighted by Gasteiger charge is 2.02. The van der Waals surface area contributed by atoms with Gasteiger partial charge >= 0.3 is 0 Å². The van der Waals surface area contributed by atoms with Crippen molar-refractivity contribution >= 4 is 17.4 Å². The van der Waals surface area contributed by atoms with Crippen molar-refractivity contribution in [3.8, 4) is 11.8 Å². The SMILES string of the molecule is CSc1ccccc1C#CCc1ccc([N+](=O)[O-])cc1. The molecule has 0 aliphatic rings. The first-order valence-corrected chi connectivity index (χ1v) is 7.28. The molecule has 0 amide bonds. The first-order chi connectivity index (χ1) is 9.70. The van der Waals surface area contributed by atoms with Crippen LogP contribution in [0, 0.1) is 22.0 Å². The molecule has 0 saturated carbocycles. The van der Waals surface area contributed by atoms with Gasteiger partial charge in [0.25, 0.3) is 5.69 Å². The number of nitro benzene ring substituents is 1. The third-order valence-electron chi connectivity index (χ3n) is 2.77. The van der Waals surface area contributed by atoms with Gasteiger partial charge in [-0.05, 0) is 24.0 Å². The Kier molecular flexibility index (Phi) is 4.80. The Hall–Kier alpha value is -2.25. The third kappa shape index (κ3) is 3.62. The molecule has 0 heterocycles. The lowest BCUT2D eigenvalue weighted by Gasteiger charge is -1.98. The van der Waals surface area contributed by atoms with E-state index in [1.807, 2.05) is 30.5 Å². The molecule has 0 N–H and O–H groups in total. The molecule has 2 aromatic rings. The standard InChI is InChI=1S/C16H13NO2S/c1-20-16-8-3-2-6-14(16)7-4-5-13-9-11-15(12-10-13)17(18)19/h2-3,6,8-12H,5H2,1H3. The van der Waals surface area contributed by atoms with E-state index >= 15 is 0 Å². The molecule has 3 nitrogen and oxygen atoms in total. The number of nitro groups is 1. The van der Waals surface area contributed by atoms with Gasteiger partial charge in [-0.1, -0.05) is 36.1 Å². The second-order valence-corrected chi connectivity index (χ2v) is 4.95. The molecule has 4 heteroatoms. The number of nitrogens with zero attached hydrogens (tertiary/aromatic N) is 1. The van der Waals surface area contributed by atoms with Gasteiger partial charge in [-0.2, -0.15) is 0 Å². The molecule has 0 bridgehead atoms. The van der Waals surface area contributed by atoms with Gasteiger partial charge in [0.05, 0.1) is 4.92 Å². The maximum Gasteiger partial charge on any atom is 0.269 e. The van der Waals surface area contributed by atoms with Crippen LogP contribution < -0.4 is 0 Å². The molecule has 2 aromatic carbocycles. The summed E-state index contributed by atoms with van der Waals surface area (Å²) >= 11 is 1.67. The molecule has 0 spiro atoms. The van der Waals surface area contributed by atoms with E-state index in [2.05, 4.69) is 11.8 Å². The highest BCUT2D eigenvalue weighted by atomic mass is 32.2. The fourth-order valence-electron chi connectivity index (χ4n) is 1.72. The monoisotopic (exact) mass is 283 g/mol. The van der Waals surface area contributed by atoms with Gasteiger partial charge in [0.1, 0.15) is 0 Å². The minimum absolute atomic E-state index is 0.106. The van der Waals surface area contributed by atoms with Gasteiger partial charge in [-0.25, -0.2) is 0 Å². The second kappa shape index (κ2) is 6.78. The fraction of sp³-hybridized carbons (Fsp3) is 0.125. The number of hydrogen-bond acceptors (Lipinski definition) is 3. The van der Waals surface area contributed by atoms with Crippen LogP contribution in [0.1, 0.15) is 11.1 Å². The van der Waals surface area contributed by atoms with Crippen LogP contribution in [0.15, 0.2) is 53.4 Å². The van der Waals surface area contributed by atoms with Crippen LogP contribution in [0.5, 0.6) is 0 Å². The second-order valence-electron chi connectivity index (χ2n) is 4.10. The Morgan fingerprint density at radius 2 is 1.85 bits per heavy atom. The smallest absolute Gasteiger partial charge is 0.258 e. The fourth-order valence-corrected chi connectivity index (χ4v) is 2.28. The predicted molar refractivity (Wildman–Crippen MR) is 81.9 cm³/mol. The third-order valence-corrected chi connectivity index (χ3v) is 3.57. The van der Waals surface area contributed by atoms with Crippen molar-refractivity contribution in [1.29, 1.82) is 0 Å². The van der Waals surface area contributed by atoms with Gasteiger partial charge in [-0.15, -0.1) is 11.8 Å². The largest absolute Gasteiger partial charge is 0.269 e. The average Bonchev–Trinajstić information content (AvgIpc) is 2.48. The summed E-state index contributed by atoms with van der Waals surface area (Å²) in [5, 5.41) is 10.6. The quantitative estimate of drug-likeness (QED) is 0.371. The Morgan fingerprint density at radius 3 is 2.50 bits per heavy atom. The van der Waals surface area contributed by atoms with E-state index in [-0.39, 0.29) is 5.69 Å². The highest BCUT2D eigenvalue weighted by molar-refractivity contribution is 7.98. The van der Waals surface area contributed by atoms with Gasteiger partial charge in [0.15, 0.2) is 0 Å². The Labute approximate surface area is 122 Å². The number of hydrogen-bond donors (Lipinski definition) is 0. The van der Waals surface area contributed by atoms with Crippen molar-refractivity contribution < 1.29 is 4.92 Å². The van der Waals surface area contributed by atoms with Crippen LogP contribution in [0.25, 0.3) is 0 Å². The summed E-state index contributed by atoms with van der Waals surface area (Å²) in [5.41, 5.74) is 2.10. The lowest BCUT2D eigenvalue weighted by atomic mass is 10.1. The predicted octanol–water partition coefficient (Wildman–Crippen LogP) is 3.91.